The van der Waals surface area contributed by atoms with Crippen LogP contribution in [0.5, 0.6) is 0 Å². The summed E-state index contributed by atoms with van der Waals surface area (Å²) >= 11 is 0. The summed E-state index contributed by atoms with van der Waals surface area (Å²) in [6.45, 7) is 15.2. The molecule has 1 saturated heterocycles. The van der Waals surface area contributed by atoms with Crippen molar-refractivity contribution in [2.75, 3.05) is 6.61 Å². The molecule has 2 fully saturated rings. The third-order valence-corrected chi connectivity index (χ3v) is 5.53. The van der Waals surface area contributed by atoms with Crippen LogP contribution >= 0.6 is 0 Å². The molecule has 0 aromatic heterocycles. The fraction of sp³-hybridized carbons (Fsp3) is 0.895. The van der Waals surface area contributed by atoms with Crippen LogP contribution in [0.1, 0.15) is 60.3 Å². The van der Waals surface area contributed by atoms with Gasteiger partial charge in [-0.05, 0) is 51.9 Å². The summed E-state index contributed by atoms with van der Waals surface area (Å²) in [4.78, 5) is 0. The maximum absolute atomic E-state index is 9.84. The second-order valence-corrected chi connectivity index (χ2v) is 7.79. The smallest absolute Gasteiger partial charge is 0.161 e. The highest BCUT2D eigenvalue weighted by atomic mass is 16.7. The fourth-order valence-corrected chi connectivity index (χ4v) is 3.59. The third kappa shape index (κ3) is 4.71. The van der Waals surface area contributed by atoms with Crippen molar-refractivity contribution in [3.63, 3.8) is 0 Å². The van der Waals surface area contributed by atoms with Crippen LogP contribution in [0.25, 0.3) is 0 Å². The first-order valence-electron chi connectivity index (χ1n) is 9.07. The van der Waals surface area contributed by atoms with Gasteiger partial charge in [-0.25, -0.2) is 0 Å². The quantitative estimate of drug-likeness (QED) is 0.688. The average molecular weight is 326 g/mol. The highest BCUT2D eigenvalue weighted by molar-refractivity contribution is 5.12. The summed E-state index contributed by atoms with van der Waals surface area (Å²) in [5, 5.41) is 9.84. The van der Waals surface area contributed by atoms with Gasteiger partial charge < -0.3 is 19.3 Å². The third-order valence-electron chi connectivity index (χ3n) is 5.53. The minimum Gasteiger partial charge on any atom is -0.499 e. The number of hydrogen-bond acceptors (Lipinski definition) is 4. The van der Waals surface area contributed by atoms with Gasteiger partial charge in [0.15, 0.2) is 6.29 Å². The molecule has 0 aromatic carbocycles. The molecule has 1 aliphatic carbocycles. The van der Waals surface area contributed by atoms with Crippen molar-refractivity contribution in [2.45, 2.75) is 84.9 Å². The number of allylic oxidation sites excluding steroid dienone is 1. The van der Waals surface area contributed by atoms with Gasteiger partial charge in [0.1, 0.15) is 0 Å². The molecule has 0 unspecified atom stereocenters. The fourth-order valence-electron chi connectivity index (χ4n) is 3.59. The molecule has 1 saturated carbocycles. The molecule has 4 heteroatoms. The maximum atomic E-state index is 9.84. The second-order valence-electron chi connectivity index (χ2n) is 7.79. The van der Waals surface area contributed by atoms with Gasteiger partial charge in [0.25, 0.3) is 0 Å². The van der Waals surface area contributed by atoms with Crippen LogP contribution in [0.2, 0.25) is 0 Å². The van der Waals surface area contributed by atoms with E-state index in [9.17, 15) is 5.11 Å². The summed E-state index contributed by atoms with van der Waals surface area (Å²) in [5.74, 6) is 1.66. The Labute approximate surface area is 141 Å². The Kier molecular flexibility index (Phi) is 6.15. The van der Waals surface area contributed by atoms with E-state index in [1.165, 1.54) is 0 Å². The van der Waals surface area contributed by atoms with E-state index in [2.05, 4.69) is 27.4 Å². The molecular formula is C19H34O4. The zero-order valence-electron chi connectivity index (χ0n) is 15.4. The molecule has 134 valence electrons. The van der Waals surface area contributed by atoms with Crippen LogP contribution in [0.3, 0.4) is 0 Å². The Hall–Kier alpha value is -0.580. The molecule has 0 radical (unpaired) electrons. The number of rotatable bonds is 8. The minimum absolute atomic E-state index is 0.150. The SMILES string of the molecule is C=C(OCC)[C@@H]1C[C@@]1(C)CC[C@@H](C)O[C@@H]1O[C@@H](C)[C@H](O)C[C@H]1C. The lowest BCUT2D eigenvalue weighted by Gasteiger charge is -2.37. The standard InChI is InChI=1S/C19H34O4/c1-7-21-14(4)16-11-19(16,6)9-8-13(3)22-18-12(2)10-17(20)15(5)23-18/h12-13,15-18,20H,4,7-11H2,1-3,5-6H3/t12-,13-,15+,16+,17-,18-,19-/m1/s1. The van der Waals surface area contributed by atoms with E-state index in [0.29, 0.717) is 17.9 Å². The molecule has 2 aliphatic rings. The van der Waals surface area contributed by atoms with E-state index in [1.54, 1.807) is 0 Å². The first-order chi connectivity index (χ1) is 10.8. The molecule has 0 aromatic rings. The maximum Gasteiger partial charge on any atom is 0.161 e. The van der Waals surface area contributed by atoms with Gasteiger partial charge in [0, 0.05) is 11.8 Å². The summed E-state index contributed by atoms with van der Waals surface area (Å²) in [7, 11) is 0. The summed E-state index contributed by atoms with van der Waals surface area (Å²) in [6.07, 6.45) is 3.46. The van der Waals surface area contributed by atoms with Crippen LogP contribution in [-0.2, 0) is 14.2 Å². The Balaban J connectivity index is 1.73. The lowest BCUT2D eigenvalue weighted by molar-refractivity contribution is -0.255. The van der Waals surface area contributed by atoms with Crippen LogP contribution < -0.4 is 0 Å². The van der Waals surface area contributed by atoms with Crippen molar-refractivity contribution < 1.29 is 19.3 Å². The Bertz CT molecular complexity index is 410. The molecule has 2 rings (SSSR count). The number of aliphatic hydroxyl groups excluding tert-OH is 1. The monoisotopic (exact) mass is 326 g/mol. The van der Waals surface area contributed by atoms with Crippen LogP contribution in [-0.4, -0.2) is 36.3 Å². The van der Waals surface area contributed by atoms with Crippen molar-refractivity contribution >= 4 is 0 Å². The normalized spacial score (nSPS) is 41.4. The second kappa shape index (κ2) is 7.54. The summed E-state index contributed by atoms with van der Waals surface area (Å²) in [5.41, 5.74) is 0.312. The van der Waals surface area contributed by atoms with Gasteiger partial charge in [-0.3, -0.25) is 0 Å². The highest BCUT2D eigenvalue weighted by Gasteiger charge is 2.51. The van der Waals surface area contributed by atoms with E-state index in [4.69, 9.17) is 14.2 Å². The lowest BCUT2D eigenvalue weighted by atomic mass is 9.95. The average Bonchev–Trinajstić information content (AvgIpc) is 3.16. The van der Waals surface area contributed by atoms with Gasteiger partial charge in [0.2, 0.25) is 0 Å². The van der Waals surface area contributed by atoms with E-state index >= 15 is 0 Å². The molecule has 1 aliphatic heterocycles. The first-order valence-corrected chi connectivity index (χ1v) is 9.07. The zero-order chi connectivity index (χ0) is 17.2. The molecule has 7 atom stereocenters. The van der Waals surface area contributed by atoms with E-state index in [1.807, 2.05) is 13.8 Å². The first kappa shape index (κ1) is 18.8. The Morgan fingerprint density at radius 2 is 2.13 bits per heavy atom. The van der Waals surface area contributed by atoms with Crippen LogP contribution in [0.15, 0.2) is 12.3 Å². The van der Waals surface area contributed by atoms with Gasteiger partial charge in [-0.2, -0.15) is 0 Å². The highest BCUT2D eigenvalue weighted by Crippen LogP contribution is 2.59. The van der Waals surface area contributed by atoms with Gasteiger partial charge in [-0.15, -0.1) is 0 Å². The summed E-state index contributed by atoms with van der Waals surface area (Å²) in [6, 6.07) is 0. The Morgan fingerprint density at radius 3 is 2.78 bits per heavy atom. The molecule has 0 spiro atoms. The molecule has 1 N–H and O–H groups in total. The predicted octanol–water partition coefficient (Wildman–Crippen LogP) is 3.88. The molecule has 1 heterocycles. The molecule has 0 bridgehead atoms. The number of hydrogen-bond donors (Lipinski definition) is 1. The van der Waals surface area contributed by atoms with Crippen molar-refractivity contribution in [1.82, 2.24) is 0 Å². The number of ether oxygens (including phenoxy) is 3. The van der Waals surface area contributed by atoms with Crippen molar-refractivity contribution in [1.29, 1.82) is 0 Å². The molecule has 23 heavy (non-hydrogen) atoms. The summed E-state index contributed by atoms with van der Waals surface area (Å²) < 4.78 is 17.5. The zero-order valence-corrected chi connectivity index (χ0v) is 15.4. The van der Waals surface area contributed by atoms with E-state index in [0.717, 1.165) is 31.4 Å². The number of aliphatic hydroxyl groups is 1. The predicted molar refractivity (Wildman–Crippen MR) is 90.9 cm³/mol. The minimum atomic E-state index is -0.379. The van der Waals surface area contributed by atoms with Crippen molar-refractivity contribution in [2.24, 2.45) is 17.3 Å². The molecule has 0 amide bonds. The molecule has 4 nitrogen and oxygen atoms in total. The van der Waals surface area contributed by atoms with Gasteiger partial charge in [0.05, 0.1) is 30.7 Å². The van der Waals surface area contributed by atoms with Gasteiger partial charge in [-0.1, -0.05) is 20.4 Å². The van der Waals surface area contributed by atoms with Crippen LogP contribution in [0, 0.1) is 17.3 Å². The van der Waals surface area contributed by atoms with Crippen molar-refractivity contribution in [3.05, 3.63) is 12.3 Å². The van der Waals surface area contributed by atoms with Gasteiger partial charge >= 0.3 is 0 Å². The Morgan fingerprint density at radius 1 is 1.43 bits per heavy atom. The molecular weight excluding hydrogens is 292 g/mol. The lowest BCUT2D eigenvalue weighted by Crippen LogP contribution is -2.44. The van der Waals surface area contributed by atoms with E-state index < -0.39 is 0 Å². The van der Waals surface area contributed by atoms with Crippen LogP contribution in [0.4, 0.5) is 0 Å². The largest absolute Gasteiger partial charge is 0.499 e. The topological polar surface area (TPSA) is 47.9 Å². The van der Waals surface area contributed by atoms with E-state index in [-0.39, 0.29) is 30.5 Å². The van der Waals surface area contributed by atoms with Crippen molar-refractivity contribution in [3.8, 4) is 0 Å².